The first-order chi connectivity index (χ1) is 13.9. The zero-order chi connectivity index (χ0) is 21.0. The number of carbonyl (C=O) groups excluding carboxylic acids is 1. The third-order valence-electron chi connectivity index (χ3n) is 5.18. The van der Waals surface area contributed by atoms with Crippen molar-refractivity contribution in [2.75, 3.05) is 27.3 Å². The van der Waals surface area contributed by atoms with E-state index in [1.54, 1.807) is 37.8 Å². The van der Waals surface area contributed by atoms with Crippen molar-refractivity contribution in [1.29, 1.82) is 0 Å². The van der Waals surface area contributed by atoms with E-state index in [4.69, 9.17) is 9.47 Å². The van der Waals surface area contributed by atoms with Gasteiger partial charge in [0.25, 0.3) is 10.0 Å². The molecule has 2 aromatic rings. The Hall–Kier alpha value is -2.10. The molecule has 1 fully saturated rings. The molecule has 7 nitrogen and oxygen atoms in total. The molecular formula is C20H26N2O5S2. The summed E-state index contributed by atoms with van der Waals surface area (Å²) >= 11 is 1.21. The Morgan fingerprint density at radius 2 is 1.93 bits per heavy atom. The van der Waals surface area contributed by atoms with Gasteiger partial charge in [0.2, 0.25) is 5.91 Å². The summed E-state index contributed by atoms with van der Waals surface area (Å²) in [6.45, 7) is 2.58. The highest BCUT2D eigenvalue weighted by Crippen LogP contribution is 2.30. The van der Waals surface area contributed by atoms with E-state index in [0.717, 1.165) is 5.56 Å². The van der Waals surface area contributed by atoms with Crippen molar-refractivity contribution in [3.8, 4) is 11.5 Å². The highest BCUT2D eigenvalue weighted by molar-refractivity contribution is 7.91. The van der Waals surface area contributed by atoms with E-state index < -0.39 is 10.0 Å². The molecule has 1 N–H and O–H groups in total. The van der Waals surface area contributed by atoms with Crippen molar-refractivity contribution >= 4 is 27.3 Å². The standard InChI is InChI=1S/C20H26N2O5S2/c1-14(17-13-16(26-2)6-7-18(17)27-3)21-20(23)15-8-10-22(11-9-15)29(24,25)19-5-4-12-28-19/h4-7,12-15H,8-11H2,1-3H3,(H,21,23)/t14-/m0/s1. The predicted molar refractivity (Wildman–Crippen MR) is 112 cm³/mol. The van der Waals surface area contributed by atoms with E-state index in [1.807, 2.05) is 19.1 Å². The van der Waals surface area contributed by atoms with Crippen LogP contribution in [0.3, 0.4) is 0 Å². The van der Waals surface area contributed by atoms with Gasteiger partial charge in [0, 0.05) is 24.6 Å². The molecule has 1 amide bonds. The lowest BCUT2D eigenvalue weighted by Crippen LogP contribution is -2.43. The highest BCUT2D eigenvalue weighted by atomic mass is 32.2. The van der Waals surface area contributed by atoms with Crippen molar-refractivity contribution in [1.82, 2.24) is 9.62 Å². The fourth-order valence-corrected chi connectivity index (χ4v) is 6.10. The zero-order valence-corrected chi connectivity index (χ0v) is 18.4. The maximum atomic E-state index is 12.8. The van der Waals surface area contributed by atoms with E-state index >= 15 is 0 Å². The van der Waals surface area contributed by atoms with Crippen LogP contribution in [0.4, 0.5) is 0 Å². The van der Waals surface area contributed by atoms with Gasteiger partial charge in [-0.25, -0.2) is 8.42 Å². The second-order valence-electron chi connectivity index (χ2n) is 6.95. The van der Waals surface area contributed by atoms with Gasteiger partial charge >= 0.3 is 0 Å². The van der Waals surface area contributed by atoms with Crippen molar-refractivity contribution < 1.29 is 22.7 Å². The molecule has 1 saturated heterocycles. The molecule has 3 rings (SSSR count). The van der Waals surface area contributed by atoms with Crippen LogP contribution in [-0.4, -0.2) is 45.9 Å². The summed E-state index contributed by atoms with van der Waals surface area (Å²) in [5.74, 6) is 1.07. The van der Waals surface area contributed by atoms with Crippen LogP contribution >= 0.6 is 11.3 Å². The molecule has 158 valence electrons. The van der Waals surface area contributed by atoms with Gasteiger partial charge in [-0.2, -0.15) is 4.31 Å². The SMILES string of the molecule is COc1ccc(OC)c([C@H](C)NC(=O)C2CCN(S(=O)(=O)c3cccs3)CC2)c1. The van der Waals surface area contributed by atoms with Gasteiger partial charge in [-0.05, 0) is 49.4 Å². The summed E-state index contributed by atoms with van der Waals surface area (Å²) in [6.07, 6.45) is 0.997. The average molecular weight is 439 g/mol. The maximum absolute atomic E-state index is 12.8. The molecule has 1 aromatic carbocycles. The molecule has 0 saturated carbocycles. The minimum Gasteiger partial charge on any atom is -0.497 e. The van der Waals surface area contributed by atoms with Gasteiger partial charge in [0.1, 0.15) is 15.7 Å². The topological polar surface area (TPSA) is 84.9 Å². The molecular weight excluding hydrogens is 412 g/mol. The average Bonchev–Trinajstić information content (AvgIpc) is 3.29. The second kappa shape index (κ2) is 9.15. The Labute approximate surface area is 175 Å². The van der Waals surface area contributed by atoms with Crippen molar-refractivity contribution in [3.63, 3.8) is 0 Å². The van der Waals surface area contributed by atoms with Gasteiger partial charge < -0.3 is 14.8 Å². The summed E-state index contributed by atoms with van der Waals surface area (Å²) in [5, 5.41) is 4.78. The summed E-state index contributed by atoms with van der Waals surface area (Å²) in [7, 11) is -0.284. The molecule has 0 aliphatic carbocycles. The van der Waals surface area contributed by atoms with Gasteiger partial charge in [-0.1, -0.05) is 6.07 Å². The van der Waals surface area contributed by atoms with Crippen LogP contribution in [0.25, 0.3) is 0 Å². The summed E-state index contributed by atoms with van der Waals surface area (Å²) in [5.41, 5.74) is 0.831. The van der Waals surface area contributed by atoms with E-state index in [0.29, 0.717) is 41.6 Å². The van der Waals surface area contributed by atoms with Crippen LogP contribution < -0.4 is 14.8 Å². The summed E-state index contributed by atoms with van der Waals surface area (Å²) in [4.78, 5) is 12.8. The predicted octanol–water partition coefficient (Wildman–Crippen LogP) is 3.04. The van der Waals surface area contributed by atoms with E-state index in [1.165, 1.54) is 15.6 Å². The van der Waals surface area contributed by atoms with Crippen LogP contribution in [0.1, 0.15) is 31.4 Å². The molecule has 1 atom stereocenters. The Bertz CT molecular complexity index is 936. The first kappa shape index (κ1) is 21.6. The first-order valence-corrected chi connectivity index (χ1v) is 11.7. The molecule has 0 bridgehead atoms. The monoisotopic (exact) mass is 438 g/mol. The minimum absolute atomic E-state index is 0.0736. The molecule has 2 heterocycles. The number of carbonyl (C=O) groups is 1. The Balaban J connectivity index is 1.62. The lowest BCUT2D eigenvalue weighted by atomic mass is 9.96. The number of hydrogen-bond acceptors (Lipinski definition) is 6. The van der Waals surface area contributed by atoms with Gasteiger partial charge in [0.05, 0.1) is 20.3 Å². The number of piperidine rings is 1. The second-order valence-corrected chi connectivity index (χ2v) is 10.1. The van der Waals surface area contributed by atoms with Crippen LogP contribution in [-0.2, 0) is 14.8 Å². The number of hydrogen-bond donors (Lipinski definition) is 1. The van der Waals surface area contributed by atoms with Gasteiger partial charge in [0.15, 0.2) is 0 Å². The number of ether oxygens (including phenoxy) is 2. The number of methoxy groups -OCH3 is 2. The number of sulfonamides is 1. The minimum atomic E-state index is -3.46. The number of nitrogens with one attached hydrogen (secondary N) is 1. The third kappa shape index (κ3) is 4.73. The number of nitrogens with zero attached hydrogens (tertiary/aromatic N) is 1. The van der Waals surface area contributed by atoms with E-state index in [2.05, 4.69) is 5.32 Å². The Morgan fingerprint density at radius 3 is 2.52 bits per heavy atom. The lowest BCUT2D eigenvalue weighted by molar-refractivity contribution is -0.126. The van der Waals surface area contributed by atoms with Crippen LogP contribution in [0.2, 0.25) is 0 Å². The quantitative estimate of drug-likeness (QED) is 0.718. The molecule has 0 unspecified atom stereocenters. The Morgan fingerprint density at radius 1 is 1.21 bits per heavy atom. The van der Waals surface area contributed by atoms with Gasteiger partial charge in [-0.3, -0.25) is 4.79 Å². The van der Waals surface area contributed by atoms with Crippen molar-refractivity contribution in [2.24, 2.45) is 5.92 Å². The van der Waals surface area contributed by atoms with Crippen molar-refractivity contribution in [2.45, 2.75) is 30.0 Å². The molecule has 1 aliphatic heterocycles. The third-order valence-corrected chi connectivity index (χ3v) is 8.45. The zero-order valence-electron chi connectivity index (χ0n) is 16.8. The Kier molecular flexibility index (Phi) is 6.81. The normalized spacial score (nSPS) is 16.9. The number of benzene rings is 1. The maximum Gasteiger partial charge on any atom is 0.252 e. The molecule has 0 spiro atoms. The largest absolute Gasteiger partial charge is 0.497 e. The van der Waals surface area contributed by atoms with Crippen LogP contribution in [0.15, 0.2) is 39.9 Å². The molecule has 9 heteroatoms. The van der Waals surface area contributed by atoms with Crippen LogP contribution in [0.5, 0.6) is 11.5 Å². The summed E-state index contributed by atoms with van der Waals surface area (Å²) < 4.78 is 37.7. The molecule has 29 heavy (non-hydrogen) atoms. The van der Waals surface area contributed by atoms with E-state index in [-0.39, 0.29) is 17.9 Å². The fourth-order valence-electron chi connectivity index (χ4n) is 3.48. The first-order valence-electron chi connectivity index (χ1n) is 9.42. The highest BCUT2D eigenvalue weighted by Gasteiger charge is 2.33. The van der Waals surface area contributed by atoms with E-state index in [9.17, 15) is 13.2 Å². The molecule has 0 radical (unpaired) electrons. The fraction of sp³-hybridized carbons (Fsp3) is 0.450. The number of thiophene rings is 1. The molecule has 1 aliphatic rings. The molecule has 1 aromatic heterocycles. The van der Waals surface area contributed by atoms with Gasteiger partial charge in [-0.15, -0.1) is 11.3 Å². The number of amides is 1. The lowest BCUT2D eigenvalue weighted by Gasteiger charge is -2.31. The van der Waals surface area contributed by atoms with Crippen molar-refractivity contribution in [3.05, 3.63) is 41.3 Å². The summed E-state index contributed by atoms with van der Waals surface area (Å²) in [6, 6.07) is 8.54. The number of rotatable bonds is 7. The smallest absolute Gasteiger partial charge is 0.252 e. The van der Waals surface area contributed by atoms with Crippen LogP contribution in [0, 0.1) is 5.92 Å².